The molecule has 0 unspecified atom stereocenters. The fraction of sp³-hybridized carbons (Fsp3) is 0.417. The van der Waals surface area contributed by atoms with Crippen LogP contribution >= 0.6 is 11.8 Å². The van der Waals surface area contributed by atoms with E-state index in [1.807, 2.05) is 18.2 Å². The van der Waals surface area contributed by atoms with Gasteiger partial charge in [0.25, 0.3) is 0 Å². The molecule has 1 spiro atoms. The predicted molar refractivity (Wildman–Crippen MR) is 119 cm³/mol. The summed E-state index contributed by atoms with van der Waals surface area (Å²) in [5, 5.41) is 9.98. The Bertz CT molecular complexity index is 1030. The molecule has 2 fully saturated rings. The van der Waals surface area contributed by atoms with Gasteiger partial charge in [-0.3, -0.25) is 4.57 Å². The molecule has 156 valence electrons. The highest BCUT2D eigenvalue weighted by Gasteiger charge is 2.43. The molecule has 0 radical (unpaired) electrons. The van der Waals surface area contributed by atoms with Crippen LogP contribution in [0.1, 0.15) is 36.8 Å². The lowest BCUT2D eigenvalue weighted by Gasteiger charge is -2.21. The largest absolute Gasteiger partial charge is 0.347 e. The third kappa shape index (κ3) is 3.80. The van der Waals surface area contributed by atoms with Crippen LogP contribution in [0.25, 0.3) is 17.1 Å². The summed E-state index contributed by atoms with van der Waals surface area (Å²) in [6.07, 6.45) is 4.53. The SMILES string of the molecule is Cc1ccc(-n2c(SC[C@H]3COC4(CCCC4)O3)nnc2-c2ccccc2)cc1C. The van der Waals surface area contributed by atoms with Crippen molar-refractivity contribution in [3.63, 3.8) is 0 Å². The van der Waals surface area contributed by atoms with Gasteiger partial charge in [0.1, 0.15) is 0 Å². The molecule has 0 bridgehead atoms. The smallest absolute Gasteiger partial charge is 0.196 e. The van der Waals surface area contributed by atoms with Crippen LogP contribution in [0, 0.1) is 13.8 Å². The number of aryl methyl sites for hydroxylation is 2. The first-order valence-corrected chi connectivity index (χ1v) is 11.7. The van der Waals surface area contributed by atoms with Crippen LogP contribution in [0.4, 0.5) is 0 Å². The number of hydrogen-bond donors (Lipinski definition) is 0. The molecule has 1 aliphatic heterocycles. The molecule has 2 aromatic carbocycles. The molecule has 5 rings (SSSR count). The zero-order chi connectivity index (χ0) is 20.6. The average molecular weight is 422 g/mol. The first kappa shape index (κ1) is 19.8. The van der Waals surface area contributed by atoms with Crippen molar-refractivity contribution < 1.29 is 9.47 Å². The second-order valence-corrected chi connectivity index (χ2v) is 9.24. The second kappa shape index (κ2) is 8.17. The van der Waals surface area contributed by atoms with Crippen molar-refractivity contribution in [1.29, 1.82) is 0 Å². The quantitative estimate of drug-likeness (QED) is 0.521. The predicted octanol–water partition coefficient (Wildman–Crippen LogP) is 5.33. The summed E-state index contributed by atoms with van der Waals surface area (Å²) < 4.78 is 14.5. The lowest BCUT2D eigenvalue weighted by Crippen LogP contribution is -2.27. The maximum Gasteiger partial charge on any atom is 0.196 e. The van der Waals surface area contributed by atoms with Crippen molar-refractivity contribution in [1.82, 2.24) is 14.8 Å². The summed E-state index contributed by atoms with van der Waals surface area (Å²) in [6, 6.07) is 16.8. The van der Waals surface area contributed by atoms with Gasteiger partial charge in [-0.15, -0.1) is 10.2 Å². The number of benzene rings is 2. The number of nitrogens with zero attached hydrogens (tertiary/aromatic N) is 3. The van der Waals surface area contributed by atoms with Crippen molar-refractivity contribution in [2.24, 2.45) is 0 Å². The molecule has 3 aromatic rings. The van der Waals surface area contributed by atoms with Crippen LogP contribution in [-0.2, 0) is 9.47 Å². The molecule has 1 saturated carbocycles. The molecular weight excluding hydrogens is 394 g/mol. The van der Waals surface area contributed by atoms with Crippen LogP contribution < -0.4 is 0 Å². The zero-order valence-corrected chi connectivity index (χ0v) is 18.3. The monoisotopic (exact) mass is 421 g/mol. The van der Waals surface area contributed by atoms with Crippen LogP contribution in [0.5, 0.6) is 0 Å². The van der Waals surface area contributed by atoms with E-state index in [2.05, 4.69) is 58.9 Å². The molecule has 2 heterocycles. The second-order valence-electron chi connectivity index (χ2n) is 8.26. The summed E-state index contributed by atoms with van der Waals surface area (Å²) in [6.45, 7) is 4.94. The minimum absolute atomic E-state index is 0.0955. The highest BCUT2D eigenvalue weighted by molar-refractivity contribution is 7.99. The highest BCUT2D eigenvalue weighted by atomic mass is 32.2. The summed E-state index contributed by atoms with van der Waals surface area (Å²) in [5.41, 5.74) is 4.67. The summed E-state index contributed by atoms with van der Waals surface area (Å²) >= 11 is 1.69. The molecule has 2 aliphatic rings. The van der Waals surface area contributed by atoms with Gasteiger partial charge in [0, 0.05) is 24.2 Å². The Morgan fingerprint density at radius 3 is 2.60 bits per heavy atom. The van der Waals surface area contributed by atoms with E-state index in [1.54, 1.807) is 11.8 Å². The number of thioether (sulfide) groups is 1. The minimum Gasteiger partial charge on any atom is -0.347 e. The molecule has 30 heavy (non-hydrogen) atoms. The summed E-state index contributed by atoms with van der Waals surface area (Å²) in [4.78, 5) is 0. The number of ether oxygens (including phenoxy) is 2. The molecule has 6 heteroatoms. The number of aromatic nitrogens is 3. The molecule has 1 aromatic heterocycles. The van der Waals surface area contributed by atoms with E-state index < -0.39 is 0 Å². The van der Waals surface area contributed by atoms with Crippen molar-refractivity contribution in [3.05, 3.63) is 59.7 Å². The number of hydrogen-bond acceptors (Lipinski definition) is 5. The van der Waals surface area contributed by atoms with Gasteiger partial charge in [0.05, 0.1) is 18.4 Å². The Morgan fingerprint density at radius 1 is 1.03 bits per heavy atom. The molecule has 5 nitrogen and oxygen atoms in total. The Hall–Kier alpha value is -2.15. The maximum atomic E-state index is 6.30. The molecular formula is C24H27N3O2S. The van der Waals surface area contributed by atoms with Crippen LogP contribution in [-0.4, -0.2) is 39.0 Å². The van der Waals surface area contributed by atoms with Gasteiger partial charge >= 0.3 is 0 Å². The van der Waals surface area contributed by atoms with Gasteiger partial charge in [-0.25, -0.2) is 0 Å². The van der Waals surface area contributed by atoms with Crippen molar-refractivity contribution in [2.75, 3.05) is 12.4 Å². The van der Waals surface area contributed by atoms with Gasteiger partial charge in [-0.1, -0.05) is 48.2 Å². The van der Waals surface area contributed by atoms with Crippen molar-refractivity contribution in [3.8, 4) is 17.1 Å². The highest BCUT2D eigenvalue weighted by Crippen LogP contribution is 2.40. The number of rotatable bonds is 5. The first-order valence-electron chi connectivity index (χ1n) is 10.7. The lowest BCUT2D eigenvalue weighted by molar-refractivity contribution is -0.159. The average Bonchev–Trinajstić information content (AvgIpc) is 3.50. The van der Waals surface area contributed by atoms with E-state index in [1.165, 1.54) is 24.0 Å². The van der Waals surface area contributed by atoms with Crippen molar-refractivity contribution >= 4 is 11.8 Å². The Balaban J connectivity index is 1.43. The fourth-order valence-corrected chi connectivity index (χ4v) is 5.20. The minimum atomic E-state index is -0.317. The summed E-state index contributed by atoms with van der Waals surface area (Å²) in [5.74, 6) is 1.35. The standard InChI is InChI=1S/C24H27N3O2S/c1-17-10-11-20(14-18(17)2)27-22(19-8-4-3-5-9-19)25-26-23(27)30-16-21-15-28-24(29-21)12-6-7-13-24/h3-5,8-11,14,21H,6-7,12-13,15-16H2,1-2H3/t21-/m1/s1. The van der Waals surface area contributed by atoms with Crippen LogP contribution in [0.3, 0.4) is 0 Å². The van der Waals surface area contributed by atoms with Crippen LogP contribution in [0.2, 0.25) is 0 Å². The van der Waals surface area contributed by atoms with E-state index in [0.29, 0.717) is 6.61 Å². The van der Waals surface area contributed by atoms with E-state index in [4.69, 9.17) is 9.47 Å². The first-order chi connectivity index (χ1) is 14.6. The molecule has 1 saturated heterocycles. The van der Waals surface area contributed by atoms with Gasteiger partial charge in [-0.05, 0) is 49.9 Å². The van der Waals surface area contributed by atoms with Gasteiger partial charge in [0.2, 0.25) is 0 Å². The fourth-order valence-electron chi connectivity index (χ4n) is 4.28. The zero-order valence-electron chi connectivity index (χ0n) is 17.5. The third-order valence-corrected chi connectivity index (χ3v) is 7.15. The van der Waals surface area contributed by atoms with Gasteiger partial charge in [-0.2, -0.15) is 0 Å². The van der Waals surface area contributed by atoms with Crippen LogP contribution in [0.15, 0.2) is 53.7 Å². The molecule has 0 N–H and O–H groups in total. The van der Waals surface area contributed by atoms with Gasteiger partial charge < -0.3 is 9.47 Å². The molecule has 0 amide bonds. The Labute approximate surface area is 181 Å². The topological polar surface area (TPSA) is 49.2 Å². The van der Waals surface area contributed by atoms with Crippen molar-refractivity contribution in [2.45, 2.75) is 56.6 Å². The maximum absolute atomic E-state index is 6.30. The Kier molecular flexibility index (Phi) is 5.39. The summed E-state index contributed by atoms with van der Waals surface area (Å²) in [7, 11) is 0. The lowest BCUT2D eigenvalue weighted by atomic mass is 10.1. The molecule has 1 aliphatic carbocycles. The molecule has 1 atom stereocenters. The van der Waals surface area contributed by atoms with E-state index in [-0.39, 0.29) is 11.9 Å². The normalized spacial score (nSPS) is 20.3. The van der Waals surface area contributed by atoms with Gasteiger partial charge in [0.15, 0.2) is 16.8 Å². The van der Waals surface area contributed by atoms with E-state index in [9.17, 15) is 0 Å². The van der Waals surface area contributed by atoms with E-state index >= 15 is 0 Å². The third-order valence-electron chi connectivity index (χ3n) is 6.09. The Morgan fingerprint density at radius 2 is 1.83 bits per heavy atom. The van der Waals surface area contributed by atoms with E-state index in [0.717, 1.165) is 40.8 Å².